The SMILES string of the molecule is CCCCCCCCCCN(CCCCCCCCCC)CCOC(=O)c1ccccc1. The molecule has 0 spiro atoms. The third-order valence-electron chi connectivity index (χ3n) is 6.31. The molecule has 0 heterocycles. The molecule has 0 aromatic heterocycles. The fourth-order valence-electron chi connectivity index (χ4n) is 4.20. The molecule has 0 bridgehead atoms. The van der Waals surface area contributed by atoms with Crippen LogP contribution in [0.15, 0.2) is 30.3 Å². The van der Waals surface area contributed by atoms with Gasteiger partial charge in [0.1, 0.15) is 6.61 Å². The van der Waals surface area contributed by atoms with E-state index in [-0.39, 0.29) is 5.97 Å². The second-order valence-electron chi connectivity index (χ2n) is 9.29. The van der Waals surface area contributed by atoms with Crippen LogP contribution in [0.3, 0.4) is 0 Å². The number of carbonyl (C=O) groups excluding carboxylic acids is 1. The van der Waals surface area contributed by atoms with Gasteiger partial charge in [-0.3, -0.25) is 4.90 Å². The lowest BCUT2D eigenvalue weighted by Gasteiger charge is -2.22. The van der Waals surface area contributed by atoms with Crippen LogP contribution < -0.4 is 0 Å². The summed E-state index contributed by atoms with van der Waals surface area (Å²) in [7, 11) is 0. The maximum atomic E-state index is 12.2. The van der Waals surface area contributed by atoms with Crippen LogP contribution in [0.25, 0.3) is 0 Å². The molecule has 3 nitrogen and oxygen atoms in total. The first kappa shape index (κ1) is 28.7. The van der Waals surface area contributed by atoms with Gasteiger partial charge in [-0.25, -0.2) is 4.79 Å². The average Bonchev–Trinajstić information content (AvgIpc) is 2.82. The van der Waals surface area contributed by atoms with E-state index in [1.165, 1.54) is 103 Å². The Morgan fingerprint density at radius 2 is 1.06 bits per heavy atom. The first-order valence-corrected chi connectivity index (χ1v) is 13.7. The highest BCUT2D eigenvalue weighted by molar-refractivity contribution is 5.89. The van der Waals surface area contributed by atoms with Crippen molar-refractivity contribution in [1.82, 2.24) is 4.90 Å². The summed E-state index contributed by atoms with van der Waals surface area (Å²) in [5, 5.41) is 0. The number of esters is 1. The standard InChI is InChI=1S/C29H51NO2/c1-3-5-7-9-11-13-15-20-24-30(25-21-16-14-12-10-8-6-4-2)26-27-32-29(31)28-22-18-17-19-23-28/h17-19,22-23H,3-16,20-21,24-27H2,1-2H3. The lowest BCUT2D eigenvalue weighted by molar-refractivity contribution is 0.0460. The predicted molar refractivity (Wildman–Crippen MR) is 138 cm³/mol. The molecule has 3 heteroatoms. The van der Waals surface area contributed by atoms with Gasteiger partial charge < -0.3 is 4.74 Å². The number of ether oxygens (including phenoxy) is 1. The molecule has 0 aliphatic rings. The van der Waals surface area contributed by atoms with Gasteiger partial charge in [0.15, 0.2) is 0 Å². The molecule has 0 unspecified atom stereocenters. The molecule has 1 rings (SSSR count). The number of benzene rings is 1. The quantitative estimate of drug-likeness (QED) is 0.132. The molecular formula is C29H51NO2. The fourth-order valence-corrected chi connectivity index (χ4v) is 4.20. The second kappa shape index (κ2) is 21.5. The predicted octanol–water partition coefficient (Wildman–Crippen LogP) is 8.43. The third kappa shape index (κ3) is 16.3. The molecule has 1 aromatic carbocycles. The van der Waals surface area contributed by atoms with Gasteiger partial charge in [0.2, 0.25) is 0 Å². The van der Waals surface area contributed by atoms with Crippen molar-refractivity contribution < 1.29 is 9.53 Å². The van der Waals surface area contributed by atoms with Crippen molar-refractivity contribution in [3.63, 3.8) is 0 Å². The van der Waals surface area contributed by atoms with E-state index in [4.69, 9.17) is 4.74 Å². The Labute approximate surface area is 199 Å². The molecule has 0 atom stereocenters. The van der Waals surface area contributed by atoms with Crippen molar-refractivity contribution in [3.05, 3.63) is 35.9 Å². The van der Waals surface area contributed by atoms with E-state index in [0.29, 0.717) is 12.2 Å². The number of nitrogens with zero attached hydrogens (tertiary/aromatic N) is 1. The van der Waals surface area contributed by atoms with Crippen molar-refractivity contribution in [2.75, 3.05) is 26.2 Å². The Hall–Kier alpha value is -1.35. The van der Waals surface area contributed by atoms with Gasteiger partial charge >= 0.3 is 5.97 Å². The highest BCUT2D eigenvalue weighted by atomic mass is 16.5. The first-order valence-electron chi connectivity index (χ1n) is 13.7. The van der Waals surface area contributed by atoms with E-state index in [1.807, 2.05) is 30.3 Å². The van der Waals surface area contributed by atoms with Crippen molar-refractivity contribution in [1.29, 1.82) is 0 Å². The number of hydrogen-bond acceptors (Lipinski definition) is 3. The molecule has 0 aliphatic heterocycles. The highest BCUT2D eigenvalue weighted by Crippen LogP contribution is 2.11. The molecule has 0 radical (unpaired) electrons. The highest BCUT2D eigenvalue weighted by Gasteiger charge is 2.09. The largest absolute Gasteiger partial charge is 0.461 e. The normalized spacial score (nSPS) is 11.2. The van der Waals surface area contributed by atoms with Crippen LogP contribution >= 0.6 is 0 Å². The molecule has 1 aromatic rings. The molecule has 0 fully saturated rings. The van der Waals surface area contributed by atoms with Crippen LogP contribution in [0.5, 0.6) is 0 Å². The van der Waals surface area contributed by atoms with Gasteiger partial charge in [0.25, 0.3) is 0 Å². The van der Waals surface area contributed by atoms with Crippen LogP contribution in [-0.2, 0) is 4.74 Å². The molecule has 0 saturated heterocycles. The van der Waals surface area contributed by atoms with E-state index < -0.39 is 0 Å². The topological polar surface area (TPSA) is 29.5 Å². The lowest BCUT2D eigenvalue weighted by atomic mass is 10.1. The summed E-state index contributed by atoms with van der Waals surface area (Å²) < 4.78 is 5.54. The molecular weight excluding hydrogens is 394 g/mol. The van der Waals surface area contributed by atoms with E-state index in [9.17, 15) is 4.79 Å². The van der Waals surface area contributed by atoms with Crippen LogP contribution in [-0.4, -0.2) is 37.1 Å². The van der Waals surface area contributed by atoms with Gasteiger partial charge in [-0.1, -0.05) is 122 Å². The fraction of sp³-hybridized carbons (Fsp3) is 0.759. The van der Waals surface area contributed by atoms with Crippen molar-refractivity contribution in [3.8, 4) is 0 Å². The Bertz CT molecular complexity index is 511. The Balaban J connectivity index is 2.23. The molecule has 0 N–H and O–H groups in total. The average molecular weight is 446 g/mol. The van der Waals surface area contributed by atoms with Gasteiger partial charge in [-0.05, 0) is 38.1 Å². The smallest absolute Gasteiger partial charge is 0.338 e. The first-order chi connectivity index (χ1) is 15.8. The summed E-state index contributed by atoms with van der Waals surface area (Å²) >= 11 is 0. The summed E-state index contributed by atoms with van der Waals surface area (Å²) in [4.78, 5) is 14.7. The summed E-state index contributed by atoms with van der Waals surface area (Å²) in [6.45, 7) is 8.16. The minimum absolute atomic E-state index is 0.204. The Kier molecular flexibility index (Phi) is 19.3. The maximum absolute atomic E-state index is 12.2. The van der Waals surface area contributed by atoms with Crippen molar-refractivity contribution in [2.24, 2.45) is 0 Å². The minimum Gasteiger partial charge on any atom is -0.461 e. The lowest BCUT2D eigenvalue weighted by Crippen LogP contribution is -2.30. The third-order valence-corrected chi connectivity index (χ3v) is 6.31. The summed E-state index contributed by atoms with van der Waals surface area (Å²) in [6.07, 6.45) is 21.6. The van der Waals surface area contributed by atoms with Crippen LogP contribution in [0.1, 0.15) is 127 Å². The zero-order valence-electron chi connectivity index (χ0n) is 21.3. The zero-order valence-corrected chi connectivity index (χ0v) is 21.3. The van der Waals surface area contributed by atoms with Crippen LogP contribution in [0.4, 0.5) is 0 Å². The Morgan fingerprint density at radius 1 is 0.625 bits per heavy atom. The zero-order chi connectivity index (χ0) is 23.1. The molecule has 0 amide bonds. The number of carbonyl (C=O) groups is 1. The summed E-state index contributed by atoms with van der Waals surface area (Å²) in [5.41, 5.74) is 0.644. The van der Waals surface area contributed by atoms with Gasteiger partial charge in [-0.2, -0.15) is 0 Å². The number of unbranched alkanes of at least 4 members (excludes halogenated alkanes) is 14. The maximum Gasteiger partial charge on any atom is 0.338 e. The van der Waals surface area contributed by atoms with E-state index in [0.717, 1.165) is 19.6 Å². The summed E-state index contributed by atoms with van der Waals surface area (Å²) in [5.74, 6) is -0.204. The van der Waals surface area contributed by atoms with E-state index in [1.54, 1.807) is 0 Å². The van der Waals surface area contributed by atoms with Gasteiger partial charge in [0.05, 0.1) is 5.56 Å². The van der Waals surface area contributed by atoms with E-state index >= 15 is 0 Å². The minimum atomic E-state index is -0.204. The van der Waals surface area contributed by atoms with Crippen molar-refractivity contribution in [2.45, 2.75) is 117 Å². The molecule has 32 heavy (non-hydrogen) atoms. The monoisotopic (exact) mass is 445 g/mol. The van der Waals surface area contributed by atoms with E-state index in [2.05, 4.69) is 18.7 Å². The van der Waals surface area contributed by atoms with Crippen LogP contribution in [0, 0.1) is 0 Å². The van der Waals surface area contributed by atoms with Gasteiger partial charge in [-0.15, -0.1) is 0 Å². The van der Waals surface area contributed by atoms with Crippen LogP contribution in [0.2, 0.25) is 0 Å². The number of rotatable bonds is 22. The second-order valence-corrected chi connectivity index (χ2v) is 9.29. The molecule has 0 saturated carbocycles. The molecule has 0 aliphatic carbocycles. The Morgan fingerprint density at radius 3 is 1.53 bits per heavy atom. The van der Waals surface area contributed by atoms with Crippen molar-refractivity contribution >= 4 is 5.97 Å². The van der Waals surface area contributed by atoms with Gasteiger partial charge in [0, 0.05) is 6.54 Å². The number of hydrogen-bond donors (Lipinski definition) is 0. The summed E-state index contributed by atoms with van der Waals surface area (Å²) in [6, 6.07) is 9.33. The molecule has 184 valence electrons.